The Morgan fingerprint density at radius 3 is 2.35 bits per heavy atom. The molecule has 0 amide bonds. The van der Waals surface area contributed by atoms with E-state index in [1.54, 1.807) is 0 Å². The minimum atomic E-state index is 0.218. The van der Waals surface area contributed by atoms with Crippen molar-refractivity contribution in [3.63, 3.8) is 0 Å². The second-order valence-corrected chi connectivity index (χ2v) is 9.71. The van der Waals surface area contributed by atoms with Crippen molar-refractivity contribution >= 4 is 0 Å². The normalized spacial score (nSPS) is 32.1. The molecular formula is C24H39NO. The average Bonchev–Trinajstić information content (AvgIpc) is 2.61. The lowest BCUT2D eigenvalue weighted by molar-refractivity contribution is -0.0265. The highest BCUT2D eigenvalue weighted by Crippen LogP contribution is 2.55. The van der Waals surface area contributed by atoms with Crippen LogP contribution in [0, 0.1) is 23.7 Å². The molecule has 26 heavy (non-hydrogen) atoms. The average molecular weight is 358 g/mol. The van der Waals surface area contributed by atoms with Crippen molar-refractivity contribution in [2.45, 2.75) is 77.2 Å². The lowest BCUT2D eigenvalue weighted by atomic mass is 9.51. The van der Waals surface area contributed by atoms with Gasteiger partial charge in [0.25, 0.3) is 0 Å². The molecule has 0 aliphatic heterocycles. The number of nitrogens with zero attached hydrogens (tertiary/aromatic N) is 1. The van der Waals surface area contributed by atoms with Gasteiger partial charge in [-0.25, -0.2) is 0 Å². The lowest BCUT2D eigenvalue weighted by Crippen LogP contribution is -2.57. The molecule has 1 aromatic rings. The van der Waals surface area contributed by atoms with Crippen LogP contribution in [0.5, 0.6) is 5.75 Å². The second-order valence-electron chi connectivity index (χ2n) is 9.71. The molecule has 2 aliphatic rings. The highest BCUT2D eigenvalue weighted by atomic mass is 16.3. The van der Waals surface area contributed by atoms with Crippen molar-refractivity contribution in [1.82, 2.24) is 4.90 Å². The molecule has 146 valence electrons. The zero-order valence-electron chi connectivity index (χ0n) is 17.5. The summed E-state index contributed by atoms with van der Waals surface area (Å²) in [6.45, 7) is 7.33. The summed E-state index contributed by atoms with van der Waals surface area (Å²) in [6, 6.07) is 8.88. The van der Waals surface area contributed by atoms with Gasteiger partial charge in [0.15, 0.2) is 0 Å². The number of aromatic hydroxyl groups is 1. The van der Waals surface area contributed by atoms with Gasteiger partial charge in [0.2, 0.25) is 0 Å². The molecule has 4 atom stereocenters. The fourth-order valence-electron chi connectivity index (χ4n) is 6.54. The first-order valence-electron chi connectivity index (χ1n) is 10.8. The van der Waals surface area contributed by atoms with Crippen LogP contribution in [0.15, 0.2) is 24.3 Å². The third-order valence-corrected chi connectivity index (χ3v) is 7.63. The molecule has 1 N–H and O–H groups in total. The summed E-state index contributed by atoms with van der Waals surface area (Å²) in [6.07, 6.45) is 9.27. The highest BCUT2D eigenvalue weighted by molar-refractivity contribution is 5.35. The largest absolute Gasteiger partial charge is 0.508 e. The molecular weight excluding hydrogens is 318 g/mol. The summed E-state index contributed by atoms with van der Waals surface area (Å²) in [5.41, 5.74) is 1.61. The van der Waals surface area contributed by atoms with Gasteiger partial charge in [-0.05, 0) is 81.1 Å². The van der Waals surface area contributed by atoms with Gasteiger partial charge in [-0.2, -0.15) is 0 Å². The van der Waals surface area contributed by atoms with E-state index >= 15 is 0 Å². The minimum absolute atomic E-state index is 0.218. The minimum Gasteiger partial charge on any atom is -0.508 e. The Morgan fingerprint density at radius 1 is 1.08 bits per heavy atom. The smallest absolute Gasteiger partial charge is 0.115 e. The van der Waals surface area contributed by atoms with Crippen molar-refractivity contribution < 1.29 is 5.11 Å². The molecule has 2 nitrogen and oxygen atoms in total. The van der Waals surface area contributed by atoms with E-state index in [1.807, 2.05) is 6.07 Å². The Balaban J connectivity index is 2.14. The van der Waals surface area contributed by atoms with Crippen LogP contribution in [0.4, 0.5) is 0 Å². The first-order valence-corrected chi connectivity index (χ1v) is 10.8. The van der Waals surface area contributed by atoms with Crippen LogP contribution in [-0.4, -0.2) is 30.1 Å². The maximum Gasteiger partial charge on any atom is 0.115 e. The highest BCUT2D eigenvalue weighted by Gasteiger charge is 2.52. The third kappa shape index (κ3) is 3.54. The number of phenols is 1. The maximum atomic E-state index is 10.2. The van der Waals surface area contributed by atoms with Crippen molar-refractivity contribution in [2.24, 2.45) is 23.7 Å². The van der Waals surface area contributed by atoms with Crippen LogP contribution in [0.25, 0.3) is 0 Å². The molecule has 0 saturated heterocycles. The van der Waals surface area contributed by atoms with E-state index in [-0.39, 0.29) is 5.41 Å². The number of rotatable bonds is 4. The molecule has 1 aromatic carbocycles. The second kappa shape index (κ2) is 7.92. The van der Waals surface area contributed by atoms with Crippen LogP contribution < -0.4 is 0 Å². The first kappa shape index (κ1) is 19.7. The molecule has 0 aromatic heterocycles. The molecule has 0 bridgehead atoms. The van der Waals surface area contributed by atoms with E-state index in [0.717, 1.165) is 11.8 Å². The number of benzene rings is 1. The van der Waals surface area contributed by atoms with Gasteiger partial charge in [-0.3, -0.25) is 0 Å². The number of hydrogen-bond donors (Lipinski definition) is 1. The molecule has 0 heterocycles. The van der Waals surface area contributed by atoms with Gasteiger partial charge in [0, 0.05) is 11.5 Å². The first-order chi connectivity index (χ1) is 12.4. The molecule has 2 heteroatoms. The van der Waals surface area contributed by atoms with Crippen LogP contribution in [0.2, 0.25) is 0 Å². The zero-order chi connectivity index (χ0) is 18.9. The van der Waals surface area contributed by atoms with Gasteiger partial charge in [0.1, 0.15) is 5.75 Å². The van der Waals surface area contributed by atoms with E-state index in [9.17, 15) is 5.11 Å². The fourth-order valence-corrected chi connectivity index (χ4v) is 6.54. The van der Waals surface area contributed by atoms with Crippen LogP contribution in [0.1, 0.15) is 71.3 Å². The predicted octanol–water partition coefficient (Wildman–Crippen LogP) is 5.84. The summed E-state index contributed by atoms with van der Waals surface area (Å²) in [5.74, 6) is 3.31. The molecule has 3 rings (SSSR count). The van der Waals surface area contributed by atoms with E-state index < -0.39 is 0 Å². The van der Waals surface area contributed by atoms with Crippen molar-refractivity contribution in [3.8, 4) is 5.75 Å². The quantitative estimate of drug-likeness (QED) is 0.731. The standard InChI is InChI=1S/C24H39NO/c1-17(2)21-13-12-18(3)23(25(4)5)22(21)24(14-7-6-8-15-24)19-10-9-11-20(26)16-19/h9-11,16-18,21-23,26H,6-8,12-15H2,1-5H3/t18?,21?,22-,23?/m0/s1. The fraction of sp³-hybridized carbons (Fsp3) is 0.750. The van der Waals surface area contributed by atoms with Crippen LogP contribution in [-0.2, 0) is 5.41 Å². The zero-order valence-corrected chi connectivity index (χ0v) is 17.5. The molecule has 0 radical (unpaired) electrons. The topological polar surface area (TPSA) is 23.5 Å². The van der Waals surface area contributed by atoms with E-state index in [1.165, 1.54) is 50.5 Å². The summed E-state index contributed by atoms with van der Waals surface area (Å²) < 4.78 is 0. The van der Waals surface area contributed by atoms with Crippen molar-refractivity contribution in [3.05, 3.63) is 29.8 Å². The molecule has 2 saturated carbocycles. The summed E-state index contributed by atoms with van der Waals surface area (Å²) >= 11 is 0. The van der Waals surface area contributed by atoms with Gasteiger partial charge in [-0.15, -0.1) is 0 Å². The van der Waals surface area contributed by atoms with Crippen molar-refractivity contribution in [2.75, 3.05) is 14.1 Å². The molecule has 0 spiro atoms. The van der Waals surface area contributed by atoms with E-state index in [4.69, 9.17) is 0 Å². The Labute approximate surface area is 161 Å². The van der Waals surface area contributed by atoms with Crippen molar-refractivity contribution in [1.29, 1.82) is 0 Å². The number of hydrogen-bond acceptors (Lipinski definition) is 2. The SMILES string of the molecule is CC(C)C1CCC(C)C(N(C)C)[C@H]1C1(c2cccc(O)c2)CCCCC1. The Hall–Kier alpha value is -1.02. The Bertz CT molecular complexity index is 588. The lowest BCUT2D eigenvalue weighted by Gasteiger charge is -2.57. The van der Waals surface area contributed by atoms with Gasteiger partial charge >= 0.3 is 0 Å². The predicted molar refractivity (Wildman–Crippen MR) is 111 cm³/mol. The van der Waals surface area contributed by atoms with Crippen LogP contribution in [0.3, 0.4) is 0 Å². The monoisotopic (exact) mass is 357 g/mol. The summed E-state index contributed by atoms with van der Waals surface area (Å²) in [7, 11) is 4.58. The molecule has 2 aliphatic carbocycles. The third-order valence-electron chi connectivity index (χ3n) is 7.63. The number of phenolic OH excluding ortho intramolecular Hbond substituents is 1. The van der Waals surface area contributed by atoms with Gasteiger partial charge in [0.05, 0.1) is 0 Å². The van der Waals surface area contributed by atoms with Crippen LogP contribution >= 0.6 is 0 Å². The van der Waals surface area contributed by atoms with Gasteiger partial charge in [-0.1, -0.05) is 52.2 Å². The molecule has 2 fully saturated rings. The van der Waals surface area contributed by atoms with E-state index in [2.05, 4.69) is 58.0 Å². The Morgan fingerprint density at radius 2 is 1.77 bits per heavy atom. The maximum absolute atomic E-state index is 10.2. The Kier molecular flexibility index (Phi) is 6.01. The van der Waals surface area contributed by atoms with Gasteiger partial charge < -0.3 is 10.0 Å². The summed E-state index contributed by atoms with van der Waals surface area (Å²) in [5, 5.41) is 10.2. The molecule has 3 unspecified atom stereocenters. The summed E-state index contributed by atoms with van der Waals surface area (Å²) in [4.78, 5) is 2.52. The van der Waals surface area contributed by atoms with E-state index in [0.29, 0.717) is 23.6 Å².